The summed E-state index contributed by atoms with van der Waals surface area (Å²) >= 11 is 1.48. The van der Waals surface area contributed by atoms with E-state index in [9.17, 15) is 10.1 Å². The van der Waals surface area contributed by atoms with E-state index in [1.807, 2.05) is 41.1 Å². The van der Waals surface area contributed by atoms with Crippen LogP contribution in [0.2, 0.25) is 0 Å². The van der Waals surface area contributed by atoms with Crippen LogP contribution in [0.3, 0.4) is 0 Å². The predicted molar refractivity (Wildman–Crippen MR) is 92.9 cm³/mol. The Morgan fingerprint density at radius 3 is 2.76 bits per heavy atom. The van der Waals surface area contributed by atoms with E-state index in [2.05, 4.69) is 21.7 Å². The van der Waals surface area contributed by atoms with Crippen LogP contribution in [-0.4, -0.2) is 20.9 Å². The van der Waals surface area contributed by atoms with Crippen LogP contribution >= 0.6 is 11.3 Å². The largest absolute Gasteiger partial charge is 0.339 e. The van der Waals surface area contributed by atoms with E-state index in [4.69, 9.17) is 0 Å². The van der Waals surface area contributed by atoms with Gasteiger partial charge in [-0.3, -0.25) is 4.79 Å². The number of thiophene rings is 1. The van der Waals surface area contributed by atoms with Crippen molar-refractivity contribution in [3.63, 3.8) is 0 Å². The highest BCUT2D eigenvalue weighted by Crippen LogP contribution is 2.42. The number of carbonyl (C=O) groups is 1. The van der Waals surface area contributed by atoms with Gasteiger partial charge in [0, 0.05) is 5.38 Å². The van der Waals surface area contributed by atoms with Crippen LogP contribution in [0.1, 0.15) is 40.5 Å². The molecule has 0 radical (unpaired) electrons. The van der Waals surface area contributed by atoms with Crippen molar-refractivity contribution >= 4 is 17.2 Å². The van der Waals surface area contributed by atoms with Crippen molar-refractivity contribution < 1.29 is 4.79 Å². The average Bonchev–Trinajstić information content (AvgIpc) is 3.05. The summed E-state index contributed by atoms with van der Waals surface area (Å²) in [5.74, 6) is -0.161. The van der Waals surface area contributed by atoms with Gasteiger partial charge in [0.2, 0.25) is 0 Å². The molecule has 25 heavy (non-hydrogen) atoms. The van der Waals surface area contributed by atoms with E-state index >= 15 is 0 Å². The van der Waals surface area contributed by atoms with Gasteiger partial charge in [0.15, 0.2) is 5.54 Å². The molecule has 2 heterocycles. The highest BCUT2D eigenvalue weighted by atomic mass is 32.1. The van der Waals surface area contributed by atoms with E-state index in [0.29, 0.717) is 11.3 Å². The Bertz CT molecular complexity index is 922. The first-order chi connectivity index (χ1) is 12.2. The molecule has 0 aliphatic heterocycles. The van der Waals surface area contributed by atoms with Gasteiger partial charge in [0.25, 0.3) is 5.91 Å². The smallest absolute Gasteiger partial charge is 0.252 e. The van der Waals surface area contributed by atoms with Crippen LogP contribution < -0.4 is 5.32 Å². The third-order valence-corrected chi connectivity index (χ3v) is 5.05. The van der Waals surface area contributed by atoms with Gasteiger partial charge in [0.05, 0.1) is 17.8 Å². The molecule has 3 aromatic rings. The van der Waals surface area contributed by atoms with Crippen molar-refractivity contribution in [2.24, 2.45) is 0 Å². The summed E-state index contributed by atoms with van der Waals surface area (Å²) in [5, 5.41) is 24.4. The quantitative estimate of drug-likeness (QED) is 0.768. The summed E-state index contributed by atoms with van der Waals surface area (Å²) in [6.07, 6.45) is 3.33. The number of hydrogen-bond donors (Lipinski definition) is 1. The SMILES string of the molecule is N#CC1(n2cc([C@@H](NC(=O)c3ccsc3)c3ccccc3)nn2)CC1. The monoisotopic (exact) mass is 349 g/mol. The number of hydrogen-bond acceptors (Lipinski definition) is 5. The lowest BCUT2D eigenvalue weighted by Crippen LogP contribution is -2.29. The summed E-state index contributed by atoms with van der Waals surface area (Å²) in [7, 11) is 0. The molecule has 0 saturated heterocycles. The highest BCUT2D eigenvalue weighted by Gasteiger charge is 2.46. The Morgan fingerprint density at radius 1 is 1.32 bits per heavy atom. The fourth-order valence-corrected chi connectivity index (χ4v) is 3.35. The van der Waals surface area contributed by atoms with E-state index in [-0.39, 0.29) is 5.91 Å². The molecule has 0 bridgehead atoms. The Labute approximate surface area is 148 Å². The molecule has 0 unspecified atom stereocenters. The van der Waals surface area contributed by atoms with E-state index in [0.717, 1.165) is 18.4 Å². The molecule has 124 valence electrons. The second-order valence-corrected chi connectivity index (χ2v) is 6.84. The van der Waals surface area contributed by atoms with Gasteiger partial charge in [-0.2, -0.15) is 16.6 Å². The van der Waals surface area contributed by atoms with E-state index < -0.39 is 11.6 Å². The number of carbonyl (C=O) groups excluding carboxylic acids is 1. The molecule has 1 saturated carbocycles. The highest BCUT2D eigenvalue weighted by molar-refractivity contribution is 7.08. The molecule has 1 aliphatic carbocycles. The maximum atomic E-state index is 12.5. The molecule has 4 rings (SSSR count). The molecular weight excluding hydrogens is 334 g/mol. The number of amides is 1. The van der Waals surface area contributed by atoms with Crippen LogP contribution in [0.25, 0.3) is 0 Å². The van der Waals surface area contributed by atoms with Crippen molar-refractivity contribution in [1.29, 1.82) is 5.26 Å². The topological polar surface area (TPSA) is 83.6 Å². The van der Waals surface area contributed by atoms with Crippen LogP contribution in [0.15, 0.2) is 53.4 Å². The van der Waals surface area contributed by atoms with Crippen LogP contribution in [0.4, 0.5) is 0 Å². The Morgan fingerprint density at radius 2 is 2.12 bits per heavy atom. The minimum Gasteiger partial charge on any atom is -0.339 e. The molecule has 1 aliphatic rings. The lowest BCUT2D eigenvalue weighted by atomic mass is 10.0. The first-order valence-corrected chi connectivity index (χ1v) is 8.88. The zero-order chi connectivity index (χ0) is 17.3. The van der Waals surface area contributed by atoms with Crippen molar-refractivity contribution in [1.82, 2.24) is 20.3 Å². The van der Waals surface area contributed by atoms with Gasteiger partial charge in [-0.25, -0.2) is 4.68 Å². The molecule has 2 aromatic heterocycles. The van der Waals surface area contributed by atoms with Gasteiger partial charge in [-0.05, 0) is 29.9 Å². The van der Waals surface area contributed by atoms with Crippen LogP contribution in [0, 0.1) is 11.3 Å². The first kappa shape index (κ1) is 15.5. The van der Waals surface area contributed by atoms with Crippen molar-refractivity contribution in [3.8, 4) is 6.07 Å². The van der Waals surface area contributed by atoms with E-state index in [1.165, 1.54) is 11.3 Å². The summed E-state index contributed by atoms with van der Waals surface area (Å²) in [5.41, 5.74) is 1.59. The summed E-state index contributed by atoms with van der Waals surface area (Å²) in [4.78, 5) is 12.5. The second-order valence-electron chi connectivity index (χ2n) is 6.06. The average molecular weight is 349 g/mol. The maximum Gasteiger partial charge on any atom is 0.252 e. The predicted octanol–water partition coefficient (Wildman–Crippen LogP) is 2.87. The Hall–Kier alpha value is -2.98. The van der Waals surface area contributed by atoms with Crippen molar-refractivity contribution in [2.45, 2.75) is 24.4 Å². The molecule has 1 fully saturated rings. The lowest BCUT2D eigenvalue weighted by Gasteiger charge is -2.16. The summed E-state index contributed by atoms with van der Waals surface area (Å²) in [6, 6.07) is 13.3. The van der Waals surface area contributed by atoms with Crippen LogP contribution in [-0.2, 0) is 5.54 Å². The first-order valence-electron chi connectivity index (χ1n) is 7.94. The number of rotatable bonds is 5. The number of benzene rings is 1. The van der Waals surface area contributed by atoms with Gasteiger partial charge >= 0.3 is 0 Å². The maximum absolute atomic E-state index is 12.5. The molecule has 6 nitrogen and oxygen atoms in total. The summed E-state index contributed by atoms with van der Waals surface area (Å²) in [6.45, 7) is 0. The standard InChI is InChI=1S/C18H15N5OS/c19-12-18(7-8-18)23-10-15(21-22-23)16(13-4-2-1-3-5-13)20-17(24)14-6-9-25-11-14/h1-6,9-11,16H,7-8H2,(H,20,24)/t16-/m0/s1. The van der Waals surface area contributed by atoms with E-state index in [1.54, 1.807) is 16.9 Å². The molecule has 1 N–H and O–H groups in total. The van der Waals surface area contributed by atoms with Gasteiger partial charge < -0.3 is 5.32 Å². The number of nitriles is 1. The van der Waals surface area contributed by atoms with Gasteiger partial charge in [-0.1, -0.05) is 35.5 Å². The minimum absolute atomic E-state index is 0.161. The zero-order valence-electron chi connectivity index (χ0n) is 13.3. The lowest BCUT2D eigenvalue weighted by molar-refractivity contribution is 0.0942. The van der Waals surface area contributed by atoms with Gasteiger partial charge in [0.1, 0.15) is 11.7 Å². The molecule has 1 amide bonds. The number of nitrogens with zero attached hydrogens (tertiary/aromatic N) is 4. The van der Waals surface area contributed by atoms with Crippen LogP contribution in [0.5, 0.6) is 0 Å². The Kier molecular flexibility index (Phi) is 3.82. The summed E-state index contributed by atoms with van der Waals surface area (Å²) < 4.78 is 1.62. The molecule has 1 atom stereocenters. The molecule has 7 heteroatoms. The number of aromatic nitrogens is 3. The molecule has 1 aromatic carbocycles. The van der Waals surface area contributed by atoms with Crippen molar-refractivity contribution in [2.75, 3.05) is 0 Å². The molecular formula is C18H15N5OS. The second kappa shape index (κ2) is 6.15. The van der Waals surface area contributed by atoms with Crippen molar-refractivity contribution in [3.05, 3.63) is 70.2 Å². The Balaban J connectivity index is 1.66. The number of nitrogens with one attached hydrogen (secondary N) is 1. The fourth-order valence-electron chi connectivity index (χ4n) is 2.71. The normalized spacial score (nSPS) is 16.0. The van der Waals surface area contributed by atoms with Gasteiger partial charge in [-0.15, -0.1) is 5.10 Å². The zero-order valence-corrected chi connectivity index (χ0v) is 14.1. The minimum atomic E-state index is -0.566. The third-order valence-electron chi connectivity index (χ3n) is 4.37. The molecule has 0 spiro atoms. The fraction of sp³-hybridized carbons (Fsp3) is 0.222. The third kappa shape index (κ3) is 2.92.